The van der Waals surface area contributed by atoms with Crippen LogP contribution < -0.4 is 19.6 Å². The second kappa shape index (κ2) is 6.16. The molecule has 0 saturated heterocycles. The van der Waals surface area contributed by atoms with Gasteiger partial charge in [-0.1, -0.05) is 0 Å². The van der Waals surface area contributed by atoms with Crippen molar-refractivity contribution in [2.45, 2.75) is 0 Å². The van der Waals surface area contributed by atoms with Gasteiger partial charge in [0.2, 0.25) is 11.2 Å². The Balaban J connectivity index is 2.28. The number of fused-ring (bicyclic) bond motifs is 1. The van der Waals surface area contributed by atoms with Crippen molar-refractivity contribution in [3.8, 4) is 34.3 Å². The maximum atomic E-state index is 12.5. The van der Waals surface area contributed by atoms with Gasteiger partial charge in [-0.3, -0.25) is 4.79 Å². The van der Waals surface area contributed by atoms with Gasteiger partial charge in [0.1, 0.15) is 22.8 Å². The van der Waals surface area contributed by atoms with Crippen LogP contribution in [0.1, 0.15) is 0 Å². The van der Waals surface area contributed by atoms with Gasteiger partial charge in [0.25, 0.3) is 0 Å². The Morgan fingerprint density at radius 3 is 2.25 bits per heavy atom. The highest BCUT2D eigenvalue weighted by atomic mass is 16.5. The lowest BCUT2D eigenvalue weighted by Gasteiger charge is -2.11. The van der Waals surface area contributed by atoms with Crippen LogP contribution in [0.3, 0.4) is 0 Å². The second-order valence-electron chi connectivity index (χ2n) is 5.04. The minimum atomic E-state index is -0.539. The number of ether oxygens (including phenoxy) is 3. The summed E-state index contributed by atoms with van der Waals surface area (Å²) in [4.78, 5) is 12.5. The zero-order valence-electron chi connectivity index (χ0n) is 13.5. The monoisotopic (exact) mass is 328 g/mol. The van der Waals surface area contributed by atoms with Crippen molar-refractivity contribution in [1.29, 1.82) is 0 Å². The summed E-state index contributed by atoms with van der Waals surface area (Å²) in [6.07, 6.45) is 0. The molecule has 0 amide bonds. The van der Waals surface area contributed by atoms with Crippen molar-refractivity contribution in [1.82, 2.24) is 0 Å². The number of hydrogen-bond donors (Lipinski definition) is 1. The Labute approximate surface area is 137 Å². The van der Waals surface area contributed by atoms with Gasteiger partial charge in [-0.2, -0.15) is 0 Å². The molecule has 0 saturated carbocycles. The Bertz CT molecular complexity index is 958. The molecule has 0 fully saturated rings. The molecule has 6 heteroatoms. The van der Waals surface area contributed by atoms with Gasteiger partial charge in [-0.15, -0.1) is 0 Å². The van der Waals surface area contributed by atoms with E-state index in [0.29, 0.717) is 28.4 Å². The molecule has 0 aliphatic heterocycles. The molecule has 3 aromatic rings. The molecule has 1 N–H and O–H groups in total. The van der Waals surface area contributed by atoms with E-state index in [1.807, 2.05) is 0 Å². The van der Waals surface area contributed by atoms with Crippen LogP contribution >= 0.6 is 0 Å². The van der Waals surface area contributed by atoms with Gasteiger partial charge in [0.15, 0.2) is 5.76 Å². The van der Waals surface area contributed by atoms with E-state index in [1.165, 1.54) is 27.4 Å². The third-order valence-electron chi connectivity index (χ3n) is 3.73. The van der Waals surface area contributed by atoms with Crippen LogP contribution in [0.15, 0.2) is 45.6 Å². The lowest BCUT2D eigenvalue weighted by atomic mass is 10.1. The molecule has 0 atom stereocenters. The highest BCUT2D eigenvalue weighted by Gasteiger charge is 2.19. The van der Waals surface area contributed by atoms with E-state index in [4.69, 9.17) is 18.6 Å². The van der Waals surface area contributed by atoms with E-state index in [2.05, 4.69) is 0 Å². The Hall–Kier alpha value is -3.15. The molecule has 0 bridgehead atoms. The fourth-order valence-electron chi connectivity index (χ4n) is 2.46. The SMILES string of the molecule is COc1ccc(-c2oc3ccc(OC)cc3c(=O)c2O)c(OC)c1. The predicted molar refractivity (Wildman–Crippen MR) is 89.2 cm³/mol. The van der Waals surface area contributed by atoms with Crippen LogP contribution in [0.25, 0.3) is 22.3 Å². The molecular weight excluding hydrogens is 312 g/mol. The van der Waals surface area contributed by atoms with Crippen LogP contribution in [0.2, 0.25) is 0 Å². The first-order chi connectivity index (χ1) is 11.6. The number of methoxy groups -OCH3 is 3. The molecular formula is C18H16O6. The van der Waals surface area contributed by atoms with Gasteiger partial charge in [0, 0.05) is 6.07 Å². The average Bonchev–Trinajstić information content (AvgIpc) is 2.63. The summed E-state index contributed by atoms with van der Waals surface area (Å²) in [5.74, 6) is 1.06. The Morgan fingerprint density at radius 1 is 0.917 bits per heavy atom. The Kier molecular flexibility index (Phi) is 4.04. The van der Waals surface area contributed by atoms with Crippen molar-refractivity contribution >= 4 is 11.0 Å². The van der Waals surface area contributed by atoms with E-state index in [0.717, 1.165) is 0 Å². The number of rotatable bonds is 4. The van der Waals surface area contributed by atoms with Gasteiger partial charge >= 0.3 is 0 Å². The Morgan fingerprint density at radius 2 is 1.58 bits per heavy atom. The molecule has 0 aliphatic rings. The summed E-state index contributed by atoms with van der Waals surface area (Å²) in [6, 6.07) is 9.81. The normalized spacial score (nSPS) is 10.6. The molecule has 6 nitrogen and oxygen atoms in total. The van der Waals surface area contributed by atoms with Crippen molar-refractivity contribution in [2.24, 2.45) is 0 Å². The quantitative estimate of drug-likeness (QED) is 0.792. The molecule has 0 unspecified atom stereocenters. The first kappa shape index (κ1) is 15.7. The van der Waals surface area contributed by atoms with E-state index in [9.17, 15) is 9.90 Å². The predicted octanol–water partition coefficient (Wildman–Crippen LogP) is 3.19. The van der Waals surface area contributed by atoms with Gasteiger partial charge in [-0.05, 0) is 30.3 Å². The molecule has 0 spiro atoms. The molecule has 0 aliphatic carbocycles. The largest absolute Gasteiger partial charge is 0.502 e. The average molecular weight is 328 g/mol. The zero-order valence-corrected chi connectivity index (χ0v) is 13.5. The maximum absolute atomic E-state index is 12.5. The van der Waals surface area contributed by atoms with Gasteiger partial charge in [0.05, 0.1) is 32.3 Å². The summed E-state index contributed by atoms with van der Waals surface area (Å²) >= 11 is 0. The molecule has 24 heavy (non-hydrogen) atoms. The van der Waals surface area contributed by atoms with Crippen molar-refractivity contribution in [2.75, 3.05) is 21.3 Å². The molecule has 2 aromatic carbocycles. The second-order valence-corrected chi connectivity index (χ2v) is 5.04. The van der Waals surface area contributed by atoms with E-state index >= 15 is 0 Å². The highest BCUT2D eigenvalue weighted by molar-refractivity contribution is 5.84. The summed E-state index contributed by atoms with van der Waals surface area (Å²) in [6.45, 7) is 0. The summed E-state index contributed by atoms with van der Waals surface area (Å²) in [5, 5.41) is 10.6. The smallest absolute Gasteiger partial charge is 0.235 e. The third kappa shape index (κ3) is 2.52. The standard InChI is InChI=1S/C18H16O6/c1-21-10-5-7-14-13(8-10)16(19)17(20)18(24-14)12-6-4-11(22-2)9-15(12)23-3/h4-9,20H,1-3H3. The number of aromatic hydroxyl groups is 1. The number of benzene rings is 2. The molecule has 3 rings (SSSR count). The van der Waals surface area contributed by atoms with Crippen molar-refractivity contribution < 1.29 is 23.7 Å². The van der Waals surface area contributed by atoms with E-state index < -0.39 is 11.2 Å². The van der Waals surface area contributed by atoms with Crippen LogP contribution in [-0.2, 0) is 0 Å². The molecule has 1 aromatic heterocycles. The maximum Gasteiger partial charge on any atom is 0.235 e. The summed E-state index contributed by atoms with van der Waals surface area (Å²) < 4.78 is 21.3. The molecule has 124 valence electrons. The van der Waals surface area contributed by atoms with E-state index in [1.54, 1.807) is 30.3 Å². The first-order valence-electron chi connectivity index (χ1n) is 7.15. The fraction of sp³-hybridized carbons (Fsp3) is 0.167. The van der Waals surface area contributed by atoms with Gasteiger partial charge in [-0.25, -0.2) is 0 Å². The fourth-order valence-corrected chi connectivity index (χ4v) is 2.46. The number of hydrogen-bond acceptors (Lipinski definition) is 6. The summed E-state index contributed by atoms with van der Waals surface area (Å²) in [5.41, 5.74) is 0.250. The summed E-state index contributed by atoms with van der Waals surface area (Å²) in [7, 11) is 4.52. The van der Waals surface area contributed by atoms with E-state index in [-0.39, 0.29) is 11.1 Å². The lowest BCUT2D eigenvalue weighted by molar-refractivity contribution is 0.393. The van der Waals surface area contributed by atoms with Crippen LogP contribution in [0.4, 0.5) is 0 Å². The molecule has 0 radical (unpaired) electrons. The topological polar surface area (TPSA) is 78.1 Å². The molecule has 1 heterocycles. The lowest BCUT2D eigenvalue weighted by Crippen LogP contribution is -2.03. The van der Waals surface area contributed by atoms with Crippen molar-refractivity contribution in [3.05, 3.63) is 46.6 Å². The minimum absolute atomic E-state index is 0.0390. The van der Waals surface area contributed by atoms with Crippen molar-refractivity contribution in [3.63, 3.8) is 0 Å². The van der Waals surface area contributed by atoms with Crippen LogP contribution in [-0.4, -0.2) is 26.4 Å². The van der Waals surface area contributed by atoms with Crippen LogP contribution in [0.5, 0.6) is 23.0 Å². The highest BCUT2D eigenvalue weighted by Crippen LogP contribution is 2.38. The van der Waals surface area contributed by atoms with Crippen LogP contribution in [0, 0.1) is 0 Å². The first-order valence-corrected chi connectivity index (χ1v) is 7.15. The minimum Gasteiger partial charge on any atom is -0.502 e. The van der Waals surface area contributed by atoms with Gasteiger partial charge < -0.3 is 23.7 Å². The zero-order chi connectivity index (χ0) is 17.3. The third-order valence-corrected chi connectivity index (χ3v) is 3.73.